The fraction of sp³-hybridized carbons (Fsp3) is 0.409. The summed E-state index contributed by atoms with van der Waals surface area (Å²) >= 11 is 0. The zero-order chi connectivity index (χ0) is 23.8. The molecular formula is C22H23F3N4O2S. The average molecular weight is 465 g/mol. The van der Waals surface area contributed by atoms with Gasteiger partial charge in [0.05, 0.1) is 17.2 Å². The average Bonchev–Trinajstić information content (AvgIpc) is 3.08. The second-order valence-corrected chi connectivity index (χ2v) is 9.45. The lowest BCUT2D eigenvalue weighted by molar-refractivity contribution is -0.137. The quantitative estimate of drug-likeness (QED) is 0.685. The zero-order valence-corrected chi connectivity index (χ0v) is 18.9. The largest absolute Gasteiger partial charge is 0.417 e. The summed E-state index contributed by atoms with van der Waals surface area (Å²) < 4.78 is 53.2. The number of amides is 1. The molecule has 0 N–H and O–H groups in total. The Morgan fingerprint density at radius 2 is 2.00 bits per heavy atom. The van der Waals surface area contributed by atoms with E-state index in [1.807, 2.05) is 39.0 Å². The van der Waals surface area contributed by atoms with Gasteiger partial charge >= 0.3 is 6.18 Å². The highest BCUT2D eigenvalue weighted by molar-refractivity contribution is 7.85. The number of anilines is 2. The van der Waals surface area contributed by atoms with E-state index in [2.05, 4.69) is 4.98 Å². The molecule has 0 saturated carbocycles. The van der Waals surface area contributed by atoms with Crippen LogP contribution in [0.3, 0.4) is 0 Å². The van der Waals surface area contributed by atoms with Crippen molar-refractivity contribution < 1.29 is 22.2 Å². The number of benzene rings is 1. The van der Waals surface area contributed by atoms with E-state index in [4.69, 9.17) is 0 Å². The van der Waals surface area contributed by atoms with Crippen molar-refractivity contribution in [2.24, 2.45) is 0 Å². The minimum atomic E-state index is -4.77. The topological polar surface area (TPSA) is 77.3 Å². The van der Waals surface area contributed by atoms with E-state index in [1.54, 1.807) is 17.0 Å². The molecule has 1 aromatic carbocycles. The second kappa shape index (κ2) is 8.90. The number of carbonyl (C=O) groups excluding carboxylic acids is 1. The van der Waals surface area contributed by atoms with Gasteiger partial charge in [0.1, 0.15) is 23.5 Å². The Morgan fingerprint density at radius 1 is 1.31 bits per heavy atom. The molecule has 170 valence electrons. The fourth-order valence-electron chi connectivity index (χ4n) is 3.79. The smallest absolute Gasteiger partial charge is 0.331 e. The summed E-state index contributed by atoms with van der Waals surface area (Å²) in [5.74, 6) is -0.914. The molecule has 1 unspecified atom stereocenters. The maximum atomic E-state index is 13.6. The van der Waals surface area contributed by atoms with Crippen LogP contribution in [0.1, 0.15) is 36.2 Å². The van der Waals surface area contributed by atoms with Crippen LogP contribution in [0.2, 0.25) is 0 Å². The van der Waals surface area contributed by atoms with Gasteiger partial charge in [-0.2, -0.15) is 18.4 Å². The zero-order valence-electron chi connectivity index (χ0n) is 18.1. The number of hydrogen-bond acceptors (Lipinski definition) is 5. The number of pyridine rings is 1. The Morgan fingerprint density at radius 3 is 2.56 bits per heavy atom. The van der Waals surface area contributed by atoms with Crippen LogP contribution >= 0.6 is 0 Å². The van der Waals surface area contributed by atoms with Crippen LogP contribution in [-0.2, 0) is 21.8 Å². The molecule has 3 rings (SSSR count). The lowest BCUT2D eigenvalue weighted by Crippen LogP contribution is -2.50. The molecule has 0 radical (unpaired) electrons. The number of aromatic nitrogens is 1. The van der Waals surface area contributed by atoms with E-state index < -0.39 is 40.1 Å². The van der Waals surface area contributed by atoms with Crippen LogP contribution in [0.15, 0.2) is 30.3 Å². The van der Waals surface area contributed by atoms with E-state index in [0.717, 1.165) is 11.6 Å². The maximum Gasteiger partial charge on any atom is 0.417 e. The van der Waals surface area contributed by atoms with Gasteiger partial charge in [-0.1, -0.05) is 12.1 Å². The van der Waals surface area contributed by atoms with E-state index in [1.165, 1.54) is 11.8 Å². The van der Waals surface area contributed by atoms with E-state index in [-0.39, 0.29) is 29.2 Å². The van der Waals surface area contributed by atoms with Crippen LogP contribution in [0.4, 0.5) is 24.7 Å². The van der Waals surface area contributed by atoms with Crippen molar-refractivity contribution in [3.05, 3.63) is 52.7 Å². The number of nitriles is 1. The summed E-state index contributed by atoms with van der Waals surface area (Å²) in [4.78, 5) is 20.6. The van der Waals surface area contributed by atoms with Crippen molar-refractivity contribution in [2.75, 3.05) is 21.4 Å². The highest BCUT2D eigenvalue weighted by Gasteiger charge is 2.43. The Balaban J connectivity index is 2.11. The van der Waals surface area contributed by atoms with Gasteiger partial charge in [0, 0.05) is 28.2 Å². The molecule has 2 atom stereocenters. The first-order chi connectivity index (χ1) is 14.9. The summed E-state index contributed by atoms with van der Waals surface area (Å²) in [6.45, 7) is 6.92. The standard InChI is InChI=1S/C22H23F3N4O2S/c1-13(2)29(16-7-5-6-14(3)8-16)21(30)19-11-32(31)12-28(19)20-17(10-26)18(22(23,24)25)9-15(4)27-20/h5-9,13,19H,11-12H2,1-4H3/t19-,32?/m1/s1. The van der Waals surface area contributed by atoms with E-state index in [0.29, 0.717) is 5.69 Å². The third-order valence-electron chi connectivity index (χ3n) is 5.14. The number of carbonyl (C=O) groups is 1. The number of hydrogen-bond donors (Lipinski definition) is 0. The maximum absolute atomic E-state index is 13.6. The third-order valence-corrected chi connectivity index (χ3v) is 6.39. The molecule has 1 fully saturated rings. The predicted octanol–water partition coefficient (Wildman–Crippen LogP) is 3.93. The van der Waals surface area contributed by atoms with Gasteiger partial charge in [0.2, 0.25) is 0 Å². The molecule has 1 aromatic heterocycles. The van der Waals surface area contributed by atoms with Crippen LogP contribution in [0.25, 0.3) is 0 Å². The van der Waals surface area contributed by atoms with Crippen molar-refractivity contribution >= 4 is 28.2 Å². The number of aryl methyl sites for hydroxylation is 2. The molecule has 0 bridgehead atoms. The molecule has 32 heavy (non-hydrogen) atoms. The lowest BCUT2D eigenvalue weighted by atomic mass is 10.1. The third kappa shape index (κ3) is 4.63. The summed E-state index contributed by atoms with van der Waals surface area (Å²) in [5.41, 5.74) is -0.169. The van der Waals surface area contributed by atoms with Crippen molar-refractivity contribution in [2.45, 2.75) is 46.0 Å². The highest BCUT2D eigenvalue weighted by atomic mass is 32.2. The number of nitrogens with zero attached hydrogens (tertiary/aromatic N) is 4. The predicted molar refractivity (Wildman–Crippen MR) is 117 cm³/mol. The number of rotatable bonds is 4. The molecule has 1 aliphatic rings. The van der Waals surface area contributed by atoms with E-state index in [9.17, 15) is 27.4 Å². The molecule has 1 amide bonds. The Kier molecular flexibility index (Phi) is 6.60. The highest BCUT2D eigenvalue weighted by Crippen LogP contribution is 2.37. The Hall–Kier alpha value is -2.93. The molecule has 1 aliphatic heterocycles. The first kappa shape index (κ1) is 23.7. The minimum absolute atomic E-state index is 0.0506. The van der Waals surface area contributed by atoms with Gasteiger partial charge in [-0.05, 0) is 51.5 Å². The second-order valence-electron chi connectivity index (χ2n) is 7.98. The molecule has 0 spiro atoms. The number of halogens is 3. The van der Waals surface area contributed by atoms with Gasteiger partial charge in [-0.3, -0.25) is 9.00 Å². The molecule has 1 saturated heterocycles. The minimum Gasteiger partial charge on any atom is -0.331 e. The fourth-order valence-corrected chi connectivity index (χ4v) is 5.19. The van der Waals surface area contributed by atoms with Gasteiger partial charge in [-0.15, -0.1) is 0 Å². The summed E-state index contributed by atoms with van der Waals surface area (Å²) in [6.07, 6.45) is -4.77. The van der Waals surface area contributed by atoms with Crippen LogP contribution in [0.5, 0.6) is 0 Å². The molecule has 2 aromatic rings. The summed E-state index contributed by atoms with van der Waals surface area (Å²) in [6, 6.07) is 8.43. The first-order valence-corrected chi connectivity index (χ1v) is 11.4. The monoisotopic (exact) mass is 464 g/mol. The van der Waals surface area contributed by atoms with E-state index >= 15 is 0 Å². The molecule has 6 nitrogen and oxygen atoms in total. The molecule has 10 heteroatoms. The van der Waals surface area contributed by atoms with Crippen molar-refractivity contribution in [1.82, 2.24) is 4.98 Å². The Labute approximate surface area is 187 Å². The van der Waals surface area contributed by atoms with Gasteiger partial charge in [0.25, 0.3) is 5.91 Å². The van der Waals surface area contributed by atoms with Crippen molar-refractivity contribution in [3.8, 4) is 6.07 Å². The van der Waals surface area contributed by atoms with Gasteiger partial charge in [-0.25, -0.2) is 4.98 Å². The van der Waals surface area contributed by atoms with Gasteiger partial charge < -0.3 is 9.80 Å². The SMILES string of the molecule is Cc1cccc(N(C(=O)[C@H]2CS(=O)CN2c2nc(C)cc(C(F)(F)F)c2C#N)C(C)C)c1. The number of alkyl halides is 3. The van der Waals surface area contributed by atoms with Crippen molar-refractivity contribution in [1.29, 1.82) is 5.26 Å². The molecule has 2 heterocycles. The first-order valence-electron chi connectivity index (χ1n) is 9.94. The summed E-state index contributed by atoms with van der Waals surface area (Å²) in [5, 5.41) is 9.52. The molecule has 0 aliphatic carbocycles. The lowest BCUT2D eigenvalue weighted by Gasteiger charge is -2.33. The Bertz CT molecular complexity index is 1110. The normalized spacial score (nSPS) is 18.7. The van der Waals surface area contributed by atoms with Crippen LogP contribution in [-0.4, -0.2) is 38.8 Å². The van der Waals surface area contributed by atoms with Crippen molar-refractivity contribution in [3.63, 3.8) is 0 Å². The molecular weight excluding hydrogens is 441 g/mol. The van der Waals surface area contributed by atoms with Crippen LogP contribution < -0.4 is 9.80 Å². The summed E-state index contributed by atoms with van der Waals surface area (Å²) in [7, 11) is -1.49. The van der Waals surface area contributed by atoms with Gasteiger partial charge in [0.15, 0.2) is 0 Å². The van der Waals surface area contributed by atoms with Crippen LogP contribution in [0, 0.1) is 25.2 Å².